The summed E-state index contributed by atoms with van der Waals surface area (Å²) in [5, 5.41) is 29.0. The molecule has 0 spiro atoms. The summed E-state index contributed by atoms with van der Waals surface area (Å²) in [7, 11) is 0. The topological polar surface area (TPSA) is 77.8 Å². The van der Waals surface area contributed by atoms with Crippen LogP contribution in [-0.4, -0.2) is 27.0 Å². The Hall–Kier alpha value is -2.14. The molecule has 1 aliphatic rings. The van der Waals surface area contributed by atoms with Crippen LogP contribution in [0.3, 0.4) is 0 Å². The van der Waals surface area contributed by atoms with Crippen LogP contribution in [0.4, 0.5) is 0 Å². The van der Waals surface area contributed by atoms with Crippen LogP contribution >= 0.6 is 11.8 Å². The molecule has 3 rings (SSSR count). The monoisotopic (exact) mass is 428 g/mol. The summed E-state index contributed by atoms with van der Waals surface area (Å²) in [6, 6.07) is 13.2. The quantitative estimate of drug-likeness (QED) is 0.430. The molecule has 0 aromatic heterocycles. The molecular weight excluding hydrogens is 396 g/mol. The number of rotatable bonds is 8. The summed E-state index contributed by atoms with van der Waals surface area (Å²) in [6.07, 6.45) is 4.61. The first kappa shape index (κ1) is 22.5. The van der Waals surface area contributed by atoms with Crippen LogP contribution in [0, 0.1) is 5.41 Å². The molecule has 162 valence electrons. The second-order valence-electron chi connectivity index (χ2n) is 9.32. The Kier molecular flexibility index (Phi) is 6.71. The van der Waals surface area contributed by atoms with Gasteiger partial charge in [0.1, 0.15) is 11.5 Å². The van der Waals surface area contributed by atoms with Crippen molar-refractivity contribution in [2.45, 2.75) is 69.1 Å². The van der Waals surface area contributed by atoms with Gasteiger partial charge in [-0.2, -0.15) is 0 Å². The van der Waals surface area contributed by atoms with Crippen LogP contribution in [0.1, 0.15) is 69.9 Å². The van der Waals surface area contributed by atoms with Crippen molar-refractivity contribution in [3.63, 3.8) is 0 Å². The maximum absolute atomic E-state index is 11.3. The van der Waals surface area contributed by atoms with E-state index in [4.69, 9.17) is 0 Å². The number of aliphatic carboxylic acids is 1. The van der Waals surface area contributed by atoms with Gasteiger partial charge in [-0.25, -0.2) is 0 Å². The first-order valence-corrected chi connectivity index (χ1v) is 11.6. The number of phenols is 2. The molecule has 1 heterocycles. The normalized spacial score (nSPS) is 21.2. The van der Waals surface area contributed by atoms with Gasteiger partial charge in [0.2, 0.25) is 0 Å². The van der Waals surface area contributed by atoms with Gasteiger partial charge in [-0.15, -0.1) is 11.8 Å². The summed E-state index contributed by atoms with van der Waals surface area (Å²) in [5.41, 5.74) is 1.73. The van der Waals surface area contributed by atoms with Crippen LogP contribution < -0.4 is 0 Å². The highest BCUT2D eigenvalue weighted by molar-refractivity contribution is 7.99. The molecule has 30 heavy (non-hydrogen) atoms. The lowest BCUT2D eigenvalue weighted by atomic mass is 9.68. The standard InChI is InChI=1S/C25H32O4S/c1-24(2,23(28)29)14-6-4-5-7-21-20-13-12-19(27)15-22(20)30-16-25(21,3)17-8-10-18(26)11-9-17/h8-13,15,21,26-27H,4-7,14,16H2,1-3H3,(H,28,29). The highest BCUT2D eigenvalue weighted by Crippen LogP contribution is 2.52. The summed E-state index contributed by atoms with van der Waals surface area (Å²) >= 11 is 1.78. The highest BCUT2D eigenvalue weighted by atomic mass is 32.2. The third-order valence-corrected chi connectivity index (χ3v) is 7.98. The number of thioether (sulfide) groups is 1. The Morgan fingerprint density at radius 1 is 1.07 bits per heavy atom. The zero-order chi connectivity index (χ0) is 21.9. The fourth-order valence-corrected chi connectivity index (χ4v) is 5.81. The van der Waals surface area contributed by atoms with E-state index in [1.807, 2.05) is 24.3 Å². The minimum Gasteiger partial charge on any atom is -0.508 e. The van der Waals surface area contributed by atoms with Crippen molar-refractivity contribution in [1.82, 2.24) is 0 Å². The molecule has 3 N–H and O–H groups in total. The van der Waals surface area contributed by atoms with Crippen molar-refractivity contribution in [3.8, 4) is 11.5 Å². The van der Waals surface area contributed by atoms with Crippen molar-refractivity contribution in [3.05, 3.63) is 53.6 Å². The molecule has 0 amide bonds. The molecule has 0 aliphatic carbocycles. The van der Waals surface area contributed by atoms with Gasteiger partial charge in [0.15, 0.2) is 0 Å². The number of hydrogen-bond donors (Lipinski definition) is 3. The van der Waals surface area contributed by atoms with E-state index in [0.717, 1.165) is 36.3 Å². The predicted molar refractivity (Wildman–Crippen MR) is 122 cm³/mol. The number of unbranched alkanes of at least 4 members (excludes halogenated alkanes) is 2. The lowest BCUT2D eigenvalue weighted by molar-refractivity contribution is -0.147. The van der Waals surface area contributed by atoms with E-state index in [0.29, 0.717) is 18.1 Å². The van der Waals surface area contributed by atoms with Crippen molar-refractivity contribution in [2.24, 2.45) is 5.41 Å². The van der Waals surface area contributed by atoms with Crippen LogP contribution in [-0.2, 0) is 10.2 Å². The number of hydrogen-bond acceptors (Lipinski definition) is 4. The number of carboxylic acid groups (broad SMARTS) is 1. The zero-order valence-electron chi connectivity index (χ0n) is 18.0. The third-order valence-electron chi connectivity index (χ3n) is 6.57. The second-order valence-corrected chi connectivity index (χ2v) is 10.3. The molecule has 2 aromatic rings. The minimum atomic E-state index is -0.736. The minimum absolute atomic E-state index is 0.0807. The summed E-state index contributed by atoms with van der Waals surface area (Å²) in [5.74, 6) is 1.04. The molecular formula is C25H32O4S. The Balaban J connectivity index is 1.78. The number of aromatic hydroxyl groups is 2. The van der Waals surface area contributed by atoms with Gasteiger partial charge in [-0.05, 0) is 68.0 Å². The highest BCUT2D eigenvalue weighted by Gasteiger charge is 2.41. The van der Waals surface area contributed by atoms with Gasteiger partial charge >= 0.3 is 5.97 Å². The van der Waals surface area contributed by atoms with E-state index in [1.165, 1.54) is 11.1 Å². The van der Waals surface area contributed by atoms with E-state index in [-0.39, 0.29) is 11.2 Å². The van der Waals surface area contributed by atoms with Crippen molar-refractivity contribution >= 4 is 17.7 Å². The molecule has 0 fully saturated rings. The first-order chi connectivity index (χ1) is 14.1. The number of fused-ring (bicyclic) bond motifs is 1. The maximum atomic E-state index is 11.3. The smallest absolute Gasteiger partial charge is 0.309 e. The van der Waals surface area contributed by atoms with Gasteiger partial charge in [0.25, 0.3) is 0 Å². The summed E-state index contributed by atoms with van der Waals surface area (Å²) in [4.78, 5) is 12.5. The average Bonchev–Trinajstić information content (AvgIpc) is 2.69. The van der Waals surface area contributed by atoms with Crippen LogP contribution in [0.2, 0.25) is 0 Å². The van der Waals surface area contributed by atoms with Crippen molar-refractivity contribution in [2.75, 3.05) is 5.75 Å². The van der Waals surface area contributed by atoms with Crippen molar-refractivity contribution < 1.29 is 20.1 Å². The van der Waals surface area contributed by atoms with Gasteiger partial charge in [-0.1, -0.05) is 44.4 Å². The van der Waals surface area contributed by atoms with E-state index in [9.17, 15) is 20.1 Å². The molecule has 2 unspecified atom stereocenters. The van der Waals surface area contributed by atoms with Crippen molar-refractivity contribution in [1.29, 1.82) is 0 Å². The molecule has 0 saturated carbocycles. The van der Waals surface area contributed by atoms with Gasteiger partial charge in [-0.3, -0.25) is 4.79 Å². The SMILES string of the molecule is CC(C)(CCCCCC1c2ccc(O)cc2SCC1(C)c1ccc(O)cc1)C(=O)O. The maximum Gasteiger partial charge on any atom is 0.309 e. The molecule has 1 aliphatic heterocycles. The van der Waals surface area contributed by atoms with E-state index >= 15 is 0 Å². The lowest BCUT2D eigenvalue weighted by Gasteiger charge is -2.43. The molecule has 0 bridgehead atoms. The Bertz CT molecular complexity index is 891. The molecule has 2 atom stereocenters. The van der Waals surface area contributed by atoms with Gasteiger partial charge in [0, 0.05) is 16.1 Å². The Morgan fingerprint density at radius 2 is 1.73 bits per heavy atom. The lowest BCUT2D eigenvalue weighted by Crippen LogP contribution is -2.36. The number of carboxylic acids is 1. The van der Waals surface area contributed by atoms with E-state index in [1.54, 1.807) is 43.8 Å². The van der Waals surface area contributed by atoms with Crippen LogP contribution in [0.5, 0.6) is 11.5 Å². The number of phenolic OH excluding ortho intramolecular Hbond substituents is 2. The molecule has 4 nitrogen and oxygen atoms in total. The summed E-state index contributed by atoms with van der Waals surface area (Å²) in [6.45, 7) is 5.87. The fourth-order valence-electron chi connectivity index (χ4n) is 4.41. The molecule has 0 radical (unpaired) electrons. The van der Waals surface area contributed by atoms with Crippen LogP contribution in [0.25, 0.3) is 0 Å². The number of benzene rings is 2. The average molecular weight is 429 g/mol. The van der Waals surface area contributed by atoms with Gasteiger partial charge < -0.3 is 15.3 Å². The van der Waals surface area contributed by atoms with Gasteiger partial charge in [0.05, 0.1) is 5.41 Å². The van der Waals surface area contributed by atoms with E-state index in [2.05, 4.69) is 6.92 Å². The second kappa shape index (κ2) is 8.93. The fraction of sp³-hybridized carbons (Fsp3) is 0.480. The predicted octanol–water partition coefficient (Wildman–Crippen LogP) is 6.31. The molecule has 2 aromatic carbocycles. The van der Waals surface area contributed by atoms with E-state index < -0.39 is 11.4 Å². The third kappa shape index (κ3) is 4.77. The van der Waals surface area contributed by atoms with Crippen LogP contribution in [0.15, 0.2) is 47.4 Å². The first-order valence-electron chi connectivity index (χ1n) is 10.6. The zero-order valence-corrected chi connectivity index (χ0v) is 18.8. The largest absolute Gasteiger partial charge is 0.508 e. The molecule has 0 saturated heterocycles. The number of carbonyl (C=O) groups is 1. The Morgan fingerprint density at radius 3 is 2.40 bits per heavy atom. The Labute approximate surface area is 183 Å². The molecule has 5 heteroatoms. The summed E-state index contributed by atoms with van der Waals surface area (Å²) < 4.78 is 0.